The molecule has 1 unspecified atom stereocenters. The largest absolute Gasteiger partial charge is 0.497 e. The molecule has 35 heavy (non-hydrogen) atoms. The Morgan fingerprint density at radius 1 is 1.09 bits per heavy atom. The molecule has 0 aromatic heterocycles. The summed E-state index contributed by atoms with van der Waals surface area (Å²) in [5.74, 6) is -0.673. The lowest BCUT2D eigenvalue weighted by atomic mass is 10.1. The molecule has 3 aromatic rings. The van der Waals surface area contributed by atoms with Gasteiger partial charge in [0, 0.05) is 30.4 Å². The van der Waals surface area contributed by atoms with Crippen molar-refractivity contribution in [3.8, 4) is 11.5 Å². The monoisotopic (exact) mass is 480 g/mol. The molecule has 0 fully saturated rings. The Labute approximate surface area is 202 Å². The molecule has 0 saturated carbocycles. The zero-order valence-corrected chi connectivity index (χ0v) is 19.5. The number of benzene rings is 3. The molecule has 0 radical (unpaired) electrons. The number of nitrogens with zero attached hydrogens (tertiary/aromatic N) is 1. The summed E-state index contributed by atoms with van der Waals surface area (Å²) in [6, 6.07) is 15.7. The molecular formula is C27H26F2N2O4. The number of fused-ring (bicyclic) bond motifs is 1. The second-order valence-electron chi connectivity index (χ2n) is 8.39. The Morgan fingerprint density at radius 2 is 1.86 bits per heavy atom. The van der Waals surface area contributed by atoms with E-state index in [-0.39, 0.29) is 31.3 Å². The predicted molar refractivity (Wildman–Crippen MR) is 127 cm³/mol. The van der Waals surface area contributed by atoms with Gasteiger partial charge in [0.1, 0.15) is 23.1 Å². The first-order valence-electron chi connectivity index (χ1n) is 11.3. The van der Waals surface area contributed by atoms with Crippen LogP contribution in [0.4, 0.5) is 14.5 Å². The first kappa shape index (κ1) is 24.2. The Bertz CT molecular complexity index is 1230. The third-order valence-electron chi connectivity index (χ3n) is 5.73. The van der Waals surface area contributed by atoms with Crippen molar-refractivity contribution < 1.29 is 27.8 Å². The highest BCUT2D eigenvalue weighted by atomic mass is 19.1. The average Bonchev–Trinajstić information content (AvgIpc) is 2.94. The van der Waals surface area contributed by atoms with Crippen molar-refractivity contribution in [1.82, 2.24) is 4.90 Å². The molecule has 2 amide bonds. The number of hydrogen-bond acceptors (Lipinski definition) is 4. The van der Waals surface area contributed by atoms with Gasteiger partial charge < -0.3 is 19.7 Å². The van der Waals surface area contributed by atoms with Crippen molar-refractivity contribution in [3.63, 3.8) is 0 Å². The van der Waals surface area contributed by atoms with Gasteiger partial charge in [-0.25, -0.2) is 8.78 Å². The molecule has 6 nitrogen and oxygen atoms in total. The van der Waals surface area contributed by atoms with Gasteiger partial charge in [0.2, 0.25) is 5.91 Å². The van der Waals surface area contributed by atoms with Crippen LogP contribution in [-0.2, 0) is 29.1 Å². The smallest absolute Gasteiger partial charge is 0.264 e. The summed E-state index contributed by atoms with van der Waals surface area (Å²) in [4.78, 5) is 27.2. The quantitative estimate of drug-likeness (QED) is 0.525. The summed E-state index contributed by atoms with van der Waals surface area (Å²) in [6.45, 7) is 2.03. The van der Waals surface area contributed by atoms with Crippen LogP contribution in [-0.4, -0.2) is 29.9 Å². The Kier molecular flexibility index (Phi) is 7.29. The molecule has 8 heteroatoms. The number of halogens is 2. The minimum absolute atomic E-state index is 0.0270. The number of rotatable bonds is 7. The maximum Gasteiger partial charge on any atom is 0.264 e. The van der Waals surface area contributed by atoms with E-state index in [1.807, 2.05) is 25.1 Å². The second kappa shape index (κ2) is 10.5. The van der Waals surface area contributed by atoms with Crippen molar-refractivity contribution in [2.45, 2.75) is 39.0 Å². The summed E-state index contributed by atoms with van der Waals surface area (Å²) < 4.78 is 38.5. The van der Waals surface area contributed by atoms with E-state index in [1.165, 1.54) is 17.0 Å². The predicted octanol–water partition coefficient (Wildman–Crippen LogP) is 4.85. The summed E-state index contributed by atoms with van der Waals surface area (Å²) in [5.41, 5.74) is 2.39. The summed E-state index contributed by atoms with van der Waals surface area (Å²) in [7, 11) is 1.57. The first-order chi connectivity index (χ1) is 16.8. The molecular weight excluding hydrogens is 454 g/mol. The van der Waals surface area contributed by atoms with Crippen LogP contribution in [0.25, 0.3) is 0 Å². The van der Waals surface area contributed by atoms with Crippen molar-refractivity contribution in [3.05, 3.63) is 89.0 Å². The highest BCUT2D eigenvalue weighted by Crippen LogP contribution is 2.30. The zero-order chi connectivity index (χ0) is 24.9. The fraction of sp³-hybridized carbons (Fsp3) is 0.259. The van der Waals surface area contributed by atoms with E-state index < -0.39 is 17.7 Å². The van der Waals surface area contributed by atoms with Crippen LogP contribution in [0.15, 0.2) is 60.7 Å². The SMILES string of the molecule is CCC1Oc2ccc(NC(=O)Cc3cccc(OC)c3)cc2CN(Cc2cc(F)cc(F)c2)C1=O. The summed E-state index contributed by atoms with van der Waals surface area (Å²) in [6.07, 6.45) is -0.118. The molecule has 0 bridgehead atoms. The third kappa shape index (κ3) is 5.95. The average molecular weight is 481 g/mol. The Morgan fingerprint density at radius 3 is 2.57 bits per heavy atom. The van der Waals surface area contributed by atoms with E-state index in [0.29, 0.717) is 34.7 Å². The standard InChI is InChI=1S/C27H26F2N2O4/c1-3-24-27(33)31(15-18-9-20(28)14-21(29)10-18)16-19-13-22(7-8-25(19)35-24)30-26(32)12-17-5-4-6-23(11-17)34-2/h4-11,13-14,24H,3,12,15-16H2,1-2H3,(H,30,32). The number of amides is 2. The Balaban J connectivity index is 1.53. The highest BCUT2D eigenvalue weighted by molar-refractivity contribution is 5.92. The number of nitrogens with one attached hydrogen (secondary N) is 1. The van der Waals surface area contributed by atoms with Gasteiger partial charge in [0.05, 0.1) is 13.5 Å². The molecule has 4 rings (SSSR count). The lowest BCUT2D eigenvalue weighted by molar-refractivity contribution is -0.139. The molecule has 3 aromatic carbocycles. The molecule has 1 aliphatic rings. The molecule has 1 atom stereocenters. The van der Waals surface area contributed by atoms with E-state index in [0.717, 1.165) is 11.6 Å². The van der Waals surface area contributed by atoms with E-state index in [4.69, 9.17) is 9.47 Å². The van der Waals surface area contributed by atoms with E-state index in [9.17, 15) is 18.4 Å². The van der Waals surface area contributed by atoms with E-state index >= 15 is 0 Å². The zero-order valence-electron chi connectivity index (χ0n) is 19.5. The summed E-state index contributed by atoms with van der Waals surface area (Å²) in [5, 5.41) is 2.88. The molecule has 0 saturated heterocycles. The highest BCUT2D eigenvalue weighted by Gasteiger charge is 2.30. The van der Waals surface area contributed by atoms with Gasteiger partial charge >= 0.3 is 0 Å². The second-order valence-corrected chi connectivity index (χ2v) is 8.39. The van der Waals surface area contributed by atoms with Gasteiger partial charge in [-0.1, -0.05) is 19.1 Å². The van der Waals surface area contributed by atoms with Gasteiger partial charge in [0.25, 0.3) is 5.91 Å². The summed E-state index contributed by atoms with van der Waals surface area (Å²) >= 11 is 0. The van der Waals surface area contributed by atoms with Crippen LogP contribution >= 0.6 is 0 Å². The van der Waals surface area contributed by atoms with Crippen molar-refractivity contribution in [2.75, 3.05) is 12.4 Å². The number of methoxy groups -OCH3 is 1. The third-order valence-corrected chi connectivity index (χ3v) is 5.73. The van der Waals surface area contributed by atoms with Crippen molar-refractivity contribution in [2.24, 2.45) is 0 Å². The molecule has 1 N–H and O–H groups in total. The lowest BCUT2D eigenvalue weighted by Gasteiger charge is -2.23. The normalized spacial score (nSPS) is 15.1. The minimum atomic E-state index is -0.719. The van der Waals surface area contributed by atoms with Crippen LogP contribution in [0.1, 0.15) is 30.0 Å². The number of carbonyl (C=O) groups excluding carboxylic acids is 2. The van der Waals surface area contributed by atoms with Crippen molar-refractivity contribution >= 4 is 17.5 Å². The van der Waals surface area contributed by atoms with Gasteiger partial charge in [-0.2, -0.15) is 0 Å². The molecule has 0 aliphatic carbocycles. The van der Waals surface area contributed by atoms with Crippen LogP contribution in [0, 0.1) is 11.6 Å². The van der Waals surface area contributed by atoms with Crippen LogP contribution in [0.5, 0.6) is 11.5 Å². The molecule has 0 spiro atoms. The van der Waals surface area contributed by atoms with Gasteiger partial charge in [-0.15, -0.1) is 0 Å². The van der Waals surface area contributed by atoms with Crippen LogP contribution < -0.4 is 14.8 Å². The van der Waals surface area contributed by atoms with Crippen LogP contribution in [0.2, 0.25) is 0 Å². The number of carbonyl (C=O) groups is 2. The van der Waals surface area contributed by atoms with Gasteiger partial charge in [-0.3, -0.25) is 9.59 Å². The maximum absolute atomic E-state index is 13.7. The number of ether oxygens (including phenoxy) is 2. The van der Waals surface area contributed by atoms with Crippen molar-refractivity contribution in [1.29, 1.82) is 0 Å². The fourth-order valence-electron chi connectivity index (χ4n) is 4.07. The Hall–Kier alpha value is -3.94. The molecule has 182 valence electrons. The number of hydrogen-bond donors (Lipinski definition) is 1. The lowest BCUT2D eigenvalue weighted by Crippen LogP contribution is -2.38. The van der Waals surface area contributed by atoms with E-state index in [2.05, 4.69) is 5.32 Å². The maximum atomic E-state index is 13.7. The fourth-order valence-corrected chi connectivity index (χ4v) is 4.07. The first-order valence-corrected chi connectivity index (χ1v) is 11.3. The molecule has 1 heterocycles. The minimum Gasteiger partial charge on any atom is -0.497 e. The van der Waals surface area contributed by atoms with E-state index in [1.54, 1.807) is 31.4 Å². The number of anilines is 1. The van der Waals surface area contributed by atoms with Gasteiger partial charge in [-0.05, 0) is 60.0 Å². The molecule has 1 aliphatic heterocycles. The van der Waals surface area contributed by atoms with Gasteiger partial charge in [0.15, 0.2) is 6.10 Å². The topological polar surface area (TPSA) is 67.9 Å². The van der Waals surface area contributed by atoms with Crippen LogP contribution in [0.3, 0.4) is 0 Å².